The fourth-order valence-electron chi connectivity index (χ4n) is 4.73. The molecule has 0 bridgehead atoms. The number of anilines is 2. The molecule has 1 fully saturated rings. The lowest BCUT2D eigenvalue weighted by atomic mass is 9.99. The normalized spacial score (nSPS) is 14.2. The van der Waals surface area contributed by atoms with E-state index in [9.17, 15) is 10.1 Å². The third kappa shape index (κ3) is 6.75. The molecule has 2 N–H and O–H groups in total. The Balaban J connectivity index is 1.56. The van der Waals surface area contributed by atoms with E-state index in [0.717, 1.165) is 42.0 Å². The quantitative estimate of drug-likeness (QED) is 0.274. The van der Waals surface area contributed by atoms with Crippen LogP contribution in [-0.2, 0) is 4.79 Å². The number of amides is 1. The SMILES string of the molecule is CN(C(=O)CN(CC#N)c1ccc(Cl)c(Cl)c1)C(CN1CCCC1)c1ccc(-c2cccc(N)c2)cc1. The molecule has 0 radical (unpaired) electrons. The Kier molecular flexibility index (Phi) is 8.94. The largest absolute Gasteiger partial charge is 0.399 e. The molecule has 8 heteroatoms. The molecule has 1 heterocycles. The average molecular weight is 537 g/mol. The van der Waals surface area contributed by atoms with Crippen LogP contribution < -0.4 is 10.6 Å². The number of nitrogens with zero attached hydrogens (tertiary/aromatic N) is 4. The van der Waals surface area contributed by atoms with Gasteiger partial charge in [0, 0.05) is 25.0 Å². The molecule has 0 spiro atoms. The number of benzene rings is 3. The molecule has 192 valence electrons. The van der Waals surface area contributed by atoms with Gasteiger partial charge in [-0.15, -0.1) is 0 Å². The monoisotopic (exact) mass is 535 g/mol. The molecule has 3 aromatic carbocycles. The van der Waals surface area contributed by atoms with Crippen LogP contribution in [0.2, 0.25) is 10.0 Å². The van der Waals surface area contributed by atoms with Crippen molar-refractivity contribution in [2.75, 3.05) is 50.4 Å². The second kappa shape index (κ2) is 12.3. The van der Waals surface area contributed by atoms with Gasteiger partial charge in [-0.1, -0.05) is 59.6 Å². The molecule has 1 aliphatic rings. The maximum absolute atomic E-state index is 13.6. The predicted molar refractivity (Wildman–Crippen MR) is 152 cm³/mol. The summed E-state index contributed by atoms with van der Waals surface area (Å²) in [5.74, 6) is -0.0783. The number of hydrogen-bond acceptors (Lipinski definition) is 5. The van der Waals surface area contributed by atoms with Crippen molar-refractivity contribution >= 4 is 40.5 Å². The number of carbonyl (C=O) groups is 1. The molecular weight excluding hydrogens is 505 g/mol. The van der Waals surface area contributed by atoms with Gasteiger partial charge in [0.1, 0.15) is 6.54 Å². The molecule has 1 aliphatic heterocycles. The fourth-order valence-corrected chi connectivity index (χ4v) is 5.02. The van der Waals surface area contributed by atoms with Crippen molar-refractivity contribution in [2.45, 2.75) is 18.9 Å². The number of likely N-dealkylation sites (N-methyl/N-ethyl adjacent to an activating group) is 1. The number of hydrogen-bond donors (Lipinski definition) is 1. The van der Waals surface area contributed by atoms with E-state index in [4.69, 9.17) is 28.9 Å². The minimum absolute atomic E-state index is 0.0555. The van der Waals surface area contributed by atoms with Gasteiger partial charge in [0.05, 0.1) is 28.7 Å². The topological polar surface area (TPSA) is 76.6 Å². The van der Waals surface area contributed by atoms with Crippen LogP contribution in [0.25, 0.3) is 11.1 Å². The average Bonchev–Trinajstić information content (AvgIpc) is 3.42. The Hall–Kier alpha value is -3.24. The van der Waals surface area contributed by atoms with Crippen molar-refractivity contribution in [2.24, 2.45) is 0 Å². The molecule has 1 amide bonds. The lowest BCUT2D eigenvalue weighted by Gasteiger charge is -2.34. The lowest BCUT2D eigenvalue weighted by Crippen LogP contribution is -2.43. The van der Waals surface area contributed by atoms with Gasteiger partial charge in [-0.3, -0.25) is 4.79 Å². The number of nitrogens with two attached hydrogens (primary N) is 1. The first-order chi connectivity index (χ1) is 17.9. The van der Waals surface area contributed by atoms with Crippen molar-refractivity contribution in [3.05, 3.63) is 82.3 Å². The van der Waals surface area contributed by atoms with Crippen LogP contribution in [0.5, 0.6) is 0 Å². The zero-order chi connectivity index (χ0) is 26.4. The van der Waals surface area contributed by atoms with Gasteiger partial charge >= 0.3 is 0 Å². The molecule has 0 saturated carbocycles. The number of nitrogen functional groups attached to an aromatic ring is 1. The Labute approximate surface area is 228 Å². The van der Waals surface area contributed by atoms with Gasteiger partial charge in [0.15, 0.2) is 0 Å². The number of likely N-dealkylation sites (tertiary alicyclic amines) is 1. The first kappa shape index (κ1) is 26.8. The Morgan fingerprint density at radius 3 is 2.41 bits per heavy atom. The van der Waals surface area contributed by atoms with E-state index in [2.05, 4.69) is 35.2 Å². The fraction of sp³-hybridized carbons (Fsp3) is 0.310. The predicted octanol–water partition coefficient (Wildman–Crippen LogP) is 5.87. The van der Waals surface area contributed by atoms with Gasteiger partial charge in [0.25, 0.3) is 0 Å². The molecule has 3 aromatic rings. The summed E-state index contributed by atoms with van der Waals surface area (Å²) in [5, 5.41) is 10.2. The summed E-state index contributed by atoms with van der Waals surface area (Å²) in [6.45, 7) is 2.93. The molecule has 0 aromatic heterocycles. The van der Waals surface area contributed by atoms with E-state index >= 15 is 0 Å². The summed E-state index contributed by atoms with van der Waals surface area (Å²) < 4.78 is 0. The lowest BCUT2D eigenvalue weighted by molar-refractivity contribution is -0.131. The van der Waals surface area contributed by atoms with E-state index < -0.39 is 0 Å². The second-order valence-corrected chi connectivity index (χ2v) is 10.2. The number of rotatable bonds is 9. The number of nitriles is 1. The summed E-state index contributed by atoms with van der Waals surface area (Å²) in [4.78, 5) is 19.5. The van der Waals surface area contributed by atoms with Crippen molar-refractivity contribution in [3.8, 4) is 17.2 Å². The van der Waals surface area contributed by atoms with E-state index in [1.165, 1.54) is 12.8 Å². The molecule has 4 rings (SSSR count). The summed E-state index contributed by atoms with van der Waals surface area (Å²) >= 11 is 12.3. The maximum atomic E-state index is 13.6. The Morgan fingerprint density at radius 2 is 1.76 bits per heavy atom. The summed E-state index contributed by atoms with van der Waals surface area (Å²) in [5.41, 5.74) is 10.6. The smallest absolute Gasteiger partial charge is 0.242 e. The van der Waals surface area contributed by atoms with Gasteiger partial charge in [-0.2, -0.15) is 5.26 Å². The second-order valence-electron chi connectivity index (χ2n) is 9.39. The van der Waals surface area contributed by atoms with E-state index in [1.807, 2.05) is 31.3 Å². The number of halogens is 2. The highest BCUT2D eigenvalue weighted by molar-refractivity contribution is 6.42. The minimum atomic E-state index is -0.127. The van der Waals surface area contributed by atoms with Gasteiger partial charge in [-0.05, 0) is 73.0 Å². The van der Waals surface area contributed by atoms with Crippen LogP contribution >= 0.6 is 23.2 Å². The minimum Gasteiger partial charge on any atom is -0.399 e. The van der Waals surface area contributed by atoms with Crippen LogP contribution in [-0.4, -0.2) is 55.5 Å². The molecule has 1 saturated heterocycles. The third-order valence-electron chi connectivity index (χ3n) is 6.86. The van der Waals surface area contributed by atoms with Gasteiger partial charge in [-0.25, -0.2) is 0 Å². The number of carbonyl (C=O) groups excluding carboxylic acids is 1. The molecule has 1 unspecified atom stereocenters. The maximum Gasteiger partial charge on any atom is 0.242 e. The third-order valence-corrected chi connectivity index (χ3v) is 7.60. The van der Waals surface area contributed by atoms with Crippen LogP contribution in [0.3, 0.4) is 0 Å². The zero-order valence-corrected chi connectivity index (χ0v) is 22.4. The van der Waals surface area contributed by atoms with Crippen molar-refractivity contribution in [1.82, 2.24) is 9.80 Å². The highest BCUT2D eigenvalue weighted by Gasteiger charge is 2.27. The van der Waals surface area contributed by atoms with Crippen LogP contribution in [0, 0.1) is 11.3 Å². The summed E-state index contributed by atoms with van der Waals surface area (Å²) in [7, 11) is 1.84. The zero-order valence-electron chi connectivity index (χ0n) is 20.9. The van der Waals surface area contributed by atoms with Crippen molar-refractivity contribution in [3.63, 3.8) is 0 Å². The first-order valence-electron chi connectivity index (χ1n) is 12.4. The molecule has 0 aliphatic carbocycles. The molecule has 6 nitrogen and oxygen atoms in total. The van der Waals surface area contributed by atoms with Gasteiger partial charge in [0.2, 0.25) is 5.91 Å². The van der Waals surface area contributed by atoms with Crippen molar-refractivity contribution < 1.29 is 4.79 Å². The Bertz CT molecular complexity index is 1270. The van der Waals surface area contributed by atoms with E-state index in [0.29, 0.717) is 15.7 Å². The van der Waals surface area contributed by atoms with Crippen LogP contribution in [0.4, 0.5) is 11.4 Å². The summed E-state index contributed by atoms with van der Waals surface area (Å²) in [6.07, 6.45) is 2.35. The molecule has 1 atom stereocenters. The van der Waals surface area contributed by atoms with Gasteiger partial charge < -0.3 is 20.4 Å². The first-order valence-corrected chi connectivity index (χ1v) is 13.1. The standard InChI is InChI=1S/C29H31Cl2N5O/c1-34(29(37)20-36(16-13-32)25-11-12-26(30)27(31)18-25)28(19-35-14-2-3-15-35)22-9-7-21(8-10-22)23-5-4-6-24(33)17-23/h4-12,17-18,28H,2-3,14-16,19-20,33H2,1H3. The Morgan fingerprint density at radius 1 is 1.03 bits per heavy atom. The van der Waals surface area contributed by atoms with Crippen molar-refractivity contribution in [1.29, 1.82) is 5.26 Å². The van der Waals surface area contributed by atoms with Crippen LogP contribution in [0.1, 0.15) is 24.4 Å². The van der Waals surface area contributed by atoms with E-state index in [-0.39, 0.29) is 25.0 Å². The molecular formula is C29H31Cl2N5O. The molecule has 37 heavy (non-hydrogen) atoms. The highest BCUT2D eigenvalue weighted by Crippen LogP contribution is 2.29. The highest BCUT2D eigenvalue weighted by atomic mass is 35.5. The summed E-state index contributed by atoms with van der Waals surface area (Å²) in [6, 6.07) is 23.3. The van der Waals surface area contributed by atoms with E-state index in [1.54, 1.807) is 28.0 Å². The van der Waals surface area contributed by atoms with Crippen LogP contribution in [0.15, 0.2) is 66.7 Å².